The molecule has 1 aliphatic rings. The third kappa shape index (κ3) is 4.43. The Labute approximate surface area is 126 Å². The highest BCUT2D eigenvalue weighted by Gasteiger charge is 2.37. The molecule has 0 bridgehead atoms. The summed E-state index contributed by atoms with van der Waals surface area (Å²) in [5.41, 5.74) is 1.78. The third-order valence-electron chi connectivity index (χ3n) is 4.15. The van der Waals surface area contributed by atoms with Gasteiger partial charge in [0.2, 0.25) is 10.0 Å². The Morgan fingerprint density at radius 3 is 2.57 bits per heavy atom. The second-order valence-electron chi connectivity index (χ2n) is 5.91. The van der Waals surface area contributed by atoms with Crippen LogP contribution < -0.4 is 9.88 Å². The Kier molecular flexibility index (Phi) is 4.91. The van der Waals surface area contributed by atoms with Crippen molar-refractivity contribution >= 4 is 10.0 Å². The van der Waals surface area contributed by atoms with Crippen LogP contribution in [0.4, 0.5) is 0 Å². The number of rotatable bonds is 5. The van der Waals surface area contributed by atoms with Crippen molar-refractivity contribution in [2.75, 3.05) is 25.6 Å². The summed E-state index contributed by atoms with van der Waals surface area (Å²) in [4.78, 5) is 0. The van der Waals surface area contributed by atoms with Crippen LogP contribution in [0.2, 0.25) is 0 Å². The van der Waals surface area contributed by atoms with Crippen LogP contribution in [-0.4, -0.2) is 34.0 Å². The molecule has 6 heteroatoms. The summed E-state index contributed by atoms with van der Waals surface area (Å²) in [7, 11) is -3.54. The summed E-state index contributed by atoms with van der Waals surface area (Å²) in [6, 6.07) is 5.87. The summed E-state index contributed by atoms with van der Waals surface area (Å²) in [5, 5.41) is 5.25. The first kappa shape index (κ1) is 16.3. The van der Waals surface area contributed by atoms with E-state index in [4.69, 9.17) is 14.6 Å². The molecule has 2 N–H and O–H groups in total. The normalized spacial score (nSPS) is 18.4. The topological polar surface area (TPSA) is 78.6 Å². The molecule has 1 heterocycles. The highest BCUT2D eigenvalue weighted by atomic mass is 32.2. The first-order chi connectivity index (χ1) is 9.81. The molecule has 1 saturated heterocycles. The van der Waals surface area contributed by atoms with Crippen LogP contribution in [0.5, 0.6) is 5.75 Å². The SMILES string of the molecule is Cc1cccc(OCC2(CS(N)(=O)=O)CCOCC2)c1C. The van der Waals surface area contributed by atoms with E-state index in [1.807, 2.05) is 32.0 Å². The Morgan fingerprint density at radius 1 is 1.29 bits per heavy atom. The first-order valence-electron chi connectivity index (χ1n) is 7.09. The molecule has 0 spiro atoms. The number of ether oxygens (including phenoxy) is 2. The van der Waals surface area contributed by atoms with E-state index in [0.29, 0.717) is 32.7 Å². The minimum atomic E-state index is -3.54. The van der Waals surface area contributed by atoms with E-state index < -0.39 is 15.4 Å². The second-order valence-corrected chi connectivity index (χ2v) is 7.52. The summed E-state index contributed by atoms with van der Waals surface area (Å²) < 4.78 is 34.3. The third-order valence-corrected chi connectivity index (χ3v) is 5.16. The van der Waals surface area contributed by atoms with Gasteiger partial charge >= 0.3 is 0 Å². The average Bonchev–Trinajstić information content (AvgIpc) is 2.40. The lowest BCUT2D eigenvalue weighted by Crippen LogP contribution is -2.42. The molecule has 0 unspecified atom stereocenters. The molecule has 0 aromatic heterocycles. The van der Waals surface area contributed by atoms with Gasteiger partial charge in [-0.2, -0.15) is 0 Å². The lowest BCUT2D eigenvalue weighted by molar-refractivity contribution is 0.00197. The minimum Gasteiger partial charge on any atom is -0.493 e. The Bertz CT molecular complexity index is 592. The van der Waals surface area contributed by atoms with Gasteiger partial charge in [0.05, 0.1) is 12.4 Å². The smallest absolute Gasteiger partial charge is 0.209 e. The predicted molar refractivity (Wildman–Crippen MR) is 81.9 cm³/mol. The number of aryl methyl sites for hydroxylation is 1. The van der Waals surface area contributed by atoms with Crippen molar-refractivity contribution < 1.29 is 17.9 Å². The van der Waals surface area contributed by atoms with Crippen LogP contribution in [0, 0.1) is 19.3 Å². The highest BCUT2D eigenvalue weighted by molar-refractivity contribution is 7.89. The molecule has 1 aliphatic heterocycles. The van der Waals surface area contributed by atoms with E-state index in [9.17, 15) is 8.42 Å². The molecule has 1 aromatic carbocycles. The number of nitrogens with two attached hydrogens (primary N) is 1. The largest absolute Gasteiger partial charge is 0.493 e. The fourth-order valence-corrected chi connectivity index (χ4v) is 3.90. The van der Waals surface area contributed by atoms with Crippen molar-refractivity contribution in [1.29, 1.82) is 0 Å². The van der Waals surface area contributed by atoms with Crippen LogP contribution in [0.15, 0.2) is 18.2 Å². The number of hydrogen-bond acceptors (Lipinski definition) is 4. The van der Waals surface area contributed by atoms with E-state index in [1.165, 1.54) is 0 Å². The zero-order valence-electron chi connectivity index (χ0n) is 12.6. The number of benzene rings is 1. The molecular weight excluding hydrogens is 290 g/mol. The van der Waals surface area contributed by atoms with Gasteiger partial charge in [0.15, 0.2) is 0 Å². The van der Waals surface area contributed by atoms with Crippen molar-refractivity contribution in [3.63, 3.8) is 0 Å². The van der Waals surface area contributed by atoms with Crippen LogP contribution in [0.25, 0.3) is 0 Å². The van der Waals surface area contributed by atoms with E-state index in [-0.39, 0.29) is 5.75 Å². The lowest BCUT2D eigenvalue weighted by atomic mass is 9.83. The number of hydrogen-bond donors (Lipinski definition) is 1. The van der Waals surface area contributed by atoms with Gasteiger partial charge in [0.1, 0.15) is 5.75 Å². The molecule has 118 valence electrons. The monoisotopic (exact) mass is 313 g/mol. The molecule has 0 aliphatic carbocycles. The van der Waals surface area contributed by atoms with Gasteiger partial charge in [-0.3, -0.25) is 0 Å². The van der Waals surface area contributed by atoms with Gasteiger partial charge in [-0.05, 0) is 43.9 Å². The predicted octanol–water partition coefficient (Wildman–Crippen LogP) is 1.77. The van der Waals surface area contributed by atoms with Crippen molar-refractivity contribution in [3.05, 3.63) is 29.3 Å². The standard InChI is InChI=1S/C15H23NO4S/c1-12-4-3-5-14(13(12)2)20-10-15(11-21(16,17)18)6-8-19-9-7-15/h3-5H,6-11H2,1-2H3,(H2,16,17,18). The average molecular weight is 313 g/mol. The quantitative estimate of drug-likeness (QED) is 0.898. The van der Waals surface area contributed by atoms with Crippen molar-refractivity contribution in [2.24, 2.45) is 10.6 Å². The molecular formula is C15H23NO4S. The Hall–Kier alpha value is -1.11. The van der Waals surface area contributed by atoms with E-state index in [2.05, 4.69) is 0 Å². The number of primary sulfonamides is 1. The molecule has 1 fully saturated rings. The Morgan fingerprint density at radius 2 is 1.95 bits per heavy atom. The first-order valence-corrected chi connectivity index (χ1v) is 8.80. The fraction of sp³-hybridized carbons (Fsp3) is 0.600. The molecule has 1 aromatic rings. The van der Waals surface area contributed by atoms with Gasteiger partial charge in [0, 0.05) is 18.6 Å². The minimum absolute atomic E-state index is 0.0613. The zero-order chi connectivity index (χ0) is 15.5. The van der Waals surface area contributed by atoms with E-state index in [1.54, 1.807) is 0 Å². The molecule has 21 heavy (non-hydrogen) atoms. The summed E-state index contributed by atoms with van der Waals surface area (Å²) in [6.45, 7) is 5.46. The molecule has 0 atom stereocenters. The summed E-state index contributed by atoms with van der Waals surface area (Å²) >= 11 is 0. The van der Waals surface area contributed by atoms with E-state index in [0.717, 1.165) is 16.9 Å². The van der Waals surface area contributed by atoms with Crippen LogP contribution in [0.1, 0.15) is 24.0 Å². The molecule has 2 rings (SSSR count). The molecule has 0 radical (unpaired) electrons. The van der Waals surface area contributed by atoms with Gasteiger partial charge in [-0.25, -0.2) is 13.6 Å². The lowest BCUT2D eigenvalue weighted by Gasteiger charge is -2.36. The van der Waals surface area contributed by atoms with Crippen LogP contribution in [0.3, 0.4) is 0 Å². The van der Waals surface area contributed by atoms with Crippen LogP contribution >= 0.6 is 0 Å². The second kappa shape index (κ2) is 6.34. The van der Waals surface area contributed by atoms with E-state index >= 15 is 0 Å². The zero-order valence-corrected chi connectivity index (χ0v) is 13.4. The molecule has 0 amide bonds. The Balaban J connectivity index is 2.14. The number of sulfonamides is 1. The maximum atomic E-state index is 11.5. The molecule has 5 nitrogen and oxygen atoms in total. The highest BCUT2D eigenvalue weighted by Crippen LogP contribution is 2.33. The van der Waals surface area contributed by atoms with Crippen molar-refractivity contribution in [1.82, 2.24) is 0 Å². The summed E-state index contributed by atoms with van der Waals surface area (Å²) in [6.07, 6.45) is 1.29. The van der Waals surface area contributed by atoms with Crippen LogP contribution in [-0.2, 0) is 14.8 Å². The maximum absolute atomic E-state index is 11.5. The van der Waals surface area contributed by atoms with Crippen molar-refractivity contribution in [3.8, 4) is 5.75 Å². The molecule has 0 saturated carbocycles. The maximum Gasteiger partial charge on any atom is 0.209 e. The van der Waals surface area contributed by atoms with Gasteiger partial charge in [-0.15, -0.1) is 0 Å². The van der Waals surface area contributed by atoms with Gasteiger partial charge in [0.25, 0.3) is 0 Å². The van der Waals surface area contributed by atoms with Gasteiger partial charge in [-0.1, -0.05) is 12.1 Å². The fourth-order valence-electron chi connectivity index (χ4n) is 2.67. The van der Waals surface area contributed by atoms with Gasteiger partial charge < -0.3 is 9.47 Å². The van der Waals surface area contributed by atoms with Crippen molar-refractivity contribution in [2.45, 2.75) is 26.7 Å². The summed E-state index contributed by atoms with van der Waals surface area (Å²) in [5.74, 6) is 0.740.